The van der Waals surface area contributed by atoms with E-state index < -0.39 is 6.10 Å². The van der Waals surface area contributed by atoms with E-state index in [9.17, 15) is 5.11 Å². The Kier molecular flexibility index (Phi) is 3.92. The van der Waals surface area contributed by atoms with E-state index in [0.717, 1.165) is 40.0 Å². The molecule has 2 aromatic rings. The topological polar surface area (TPSA) is 29.5 Å². The van der Waals surface area contributed by atoms with Crippen LogP contribution in [0.15, 0.2) is 30.3 Å². The molecule has 0 fully saturated rings. The van der Waals surface area contributed by atoms with Gasteiger partial charge in [-0.15, -0.1) is 0 Å². The number of aliphatic hydroxyl groups is 1. The second-order valence-electron chi connectivity index (χ2n) is 5.68. The Bertz CT molecular complexity index is 659. The third kappa shape index (κ3) is 2.78. The van der Waals surface area contributed by atoms with Crippen molar-refractivity contribution in [3.8, 4) is 5.75 Å². The molecule has 1 heterocycles. The lowest BCUT2D eigenvalue weighted by Gasteiger charge is -2.18. The van der Waals surface area contributed by atoms with Crippen molar-refractivity contribution in [2.75, 3.05) is 6.61 Å². The van der Waals surface area contributed by atoms with Crippen molar-refractivity contribution >= 4 is 11.6 Å². The van der Waals surface area contributed by atoms with Crippen LogP contribution in [-0.2, 0) is 12.8 Å². The Hall–Kier alpha value is -1.51. The zero-order valence-corrected chi connectivity index (χ0v) is 13.1. The summed E-state index contributed by atoms with van der Waals surface area (Å²) in [5.74, 6) is 0.907. The molecule has 1 atom stereocenters. The molecule has 0 amide bonds. The number of ether oxygens (including phenoxy) is 1. The van der Waals surface area contributed by atoms with Crippen LogP contribution in [0.2, 0.25) is 5.02 Å². The summed E-state index contributed by atoms with van der Waals surface area (Å²) in [6.45, 7) is 4.76. The van der Waals surface area contributed by atoms with Gasteiger partial charge in [-0.1, -0.05) is 29.8 Å². The van der Waals surface area contributed by atoms with Crippen LogP contribution in [0.3, 0.4) is 0 Å². The van der Waals surface area contributed by atoms with Crippen molar-refractivity contribution in [3.63, 3.8) is 0 Å². The van der Waals surface area contributed by atoms with Crippen LogP contribution < -0.4 is 4.74 Å². The minimum absolute atomic E-state index is 0.522. The van der Waals surface area contributed by atoms with E-state index in [-0.39, 0.29) is 0 Å². The first kappa shape index (κ1) is 14.4. The highest BCUT2D eigenvalue weighted by Gasteiger charge is 2.21. The quantitative estimate of drug-likeness (QED) is 0.922. The average Bonchev–Trinajstić information content (AvgIpc) is 2.86. The second kappa shape index (κ2) is 5.70. The summed E-state index contributed by atoms with van der Waals surface area (Å²) >= 11 is 6.18. The molecule has 3 rings (SSSR count). The van der Waals surface area contributed by atoms with E-state index in [1.165, 1.54) is 0 Å². The van der Waals surface area contributed by atoms with Gasteiger partial charge < -0.3 is 9.84 Å². The summed E-state index contributed by atoms with van der Waals surface area (Å²) in [4.78, 5) is 0. The predicted octanol–water partition coefficient (Wildman–Crippen LogP) is 4.17. The van der Waals surface area contributed by atoms with E-state index in [1.54, 1.807) is 0 Å². The lowest BCUT2D eigenvalue weighted by atomic mass is 9.93. The number of fused-ring (bicyclic) bond motifs is 1. The molecule has 21 heavy (non-hydrogen) atoms. The Balaban J connectivity index is 1.94. The first-order valence-corrected chi connectivity index (χ1v) is 7.62. The van der Waals surface area contributed by atoms with Crippen molar-refractivity contribution in [1.29, 1.82) is 0 Å². The molecule has 2 aromatic carbocycles. The van der Waals surface area contributed by atoms with E-state index in [0.29, 0.717) is 18.1 Å². The summed E-state index contributed by atoms with van der Waals surface area (Å²) in [5.41, 5.74) is 5.37. The lowest BCUT2D eigenvalue weighted by molar-refractivity contribution is 0.175. The number of hydrogen-bond donors (Lipinski definition) is 1. The molecule has 110 valence electrons. The molecule has 1 aliphatic rings. The molecule has 0 aromatic heterocycles. The Morgan fingerprint density at radius 1 is 1.24 bits per heavy atom. The summed E-state index contributed by atoms with van der Waals surface area (Å²) < 4.78 is 5.71. The summed E-state index contributed by atoms with van der Waals surface area (Å²) in [5, 5.41) is 11.4. The molecule has 0 bridgehead atoms. The molecular weight excluding hydrogens is 284 g/mol. The molecule has 0 aliphatic carbocycles. The minimum Gasteiger partial charge on any atom is -0.493 e. The maximum Gasteiger partial charge on any atom is 0.126 e. The summed E-state index contributed by atoms with van der Waals surface area (Å²) in [6.07, 6.45) is 0.870. The maximum absolute atomic E-state index is 10.7. The van der Waals surface area contributed by atoms with Crippen molar-refractivity contribution in [1.82, 2.24) is 0 Å². The van der Waals surface area contributed by atoms with Crippen LogP contribution in [-0.4, -0.2) is 11.7 Å². The van der Waals surface area contributed by atoms with Crippen LogP contribution in [0.25, 0.3) is 0 Å². The van der Waals surface area contributed by atoms with Gasteiger partial charge in [0.15, 0.2) is 0 Å². The highest BCUT2D eigenvalue weighted by Crippen LogP contribution is 2.36. The SMILES string of the molecule is Cc1cccc(C)c1C(O)Cc1cc(Cl)cc2c1OCC2. The highest BCUT2D eigenvalue weighted by atomic mass is 35.5. The van der Waals surface area contributed by atoms with Gasteiger partial charge in [0, 0.05) is 17.9 Å². The zero-order valence-electron chi connectivity index (χ0n) is 12.3. The fourth-order valence-electron chi connectivity index (χ4n) is 3.16. The Labute approximate surface area is 130 Å². The number of halogens is 1. The van der Waals surface area contributed by atoms with Gasteiger partial charge in [-0.2, -0.15) is 0 Å². The summed E-state index contributed by atoms with van der Waals surface area (Å²) in [7, 11) is 0. The minimum atomic E-state index is -0.544. The number of aryl methyl sites for hydroxylation is 2. The first-order chi connectivity index (χ1) is 10.1. The monoisotopic (exact) mass is 302 g/mol. The zero-order chi connectivity index (χ0) is 15.0. The fraction of sp³-hybridized carbons (Fsp3) is 0.333. The molecule has 1 N–H and O–H groups in total. The molecule has 2 nitrogen and oxygen atoms in total. The third-order valence-electron chi connectivity index (χ3n) is 4.11. The second-order valence-corrected chi connectivity index (χ2v) is 6.11. The molecule has 1 unspecified atom stereocenters. The van der Waals surface area contributed by atoms with Crippen molar-refractivity contribution in [2.45, 2.75) is 32.8 Å². The molecule has 0 saturated heterocycles. The number of benzene rings is 2. The van der Waals surface area contributed by atoms with E-state index in [2.05, 4.69) is 0 Å². The maximum atomic E-state index is 10.7. The van der Waals surface area contributed by atoms with Gasteiger partial charge in [0.05, 0.1) is 12.7 Å². The van der Waals surface area contributed by atoms with Gasteiger partial charge >= 0.3 is 0 Å². The van der Waals surface area contributed by atoms with Gasteiger partial charge in [-0.05, 0) is 53.8 Å². The number of aliphatic hydroxyl groups excluding tert-OH is 1. The molecular formula is C18H19ClO2. The van der Waals surface area contributed by atoms with Crippen molar-refractivity contribution < 1.29 is 9.84 Å². The average molecular weight is 303 g/mol. The molecule has 0 radical (unpaired) electrons. The van der Waals surface area contributed by atoms with E-state index in [4.69, 9.17) is 16.3 Å². The summed E-state index contributed by atoms with van der Waals surface area (Å²) in [6, 6.07) is 9.94. The van der Waals surface area contributed by atoms with Gasteiger partial charge in [0.2, 0.25) is 0 Å². The lowest BCUT2D eigenvalue weighted by Crippen LogP contribution is -2.07. The van der Waals surface area contributed by atoms with Crippen LogP contribution in [0, 0.1) is 13.8 Å². The Morgan fingerprint density at radius 2 is 1.95 bits per heavy atom. The van der Waals surface area contributed by atoms with Crippen molar-refractivity contribution in [2.24, 2.45) is 0 Å². The normalized spacial score (nSPS) is 14.7. The smallest absolute Gasteiger partial charge is 0.126 e. The van der Waals surface area contributed by atoms with Crippen LogP contribution in [0.4, 0.5) is 0 Å². The number of rotatable bonds is 3. The van der Waals surface area contributed by atoms with E-state index in [1.807, 2.05) is 44.2 Å². The first-order valence-electron chi connectivity index (χ1n) is 7.24. The molecule has 0 spiro atoms. The number of hydrogen-bond acceptors (Lipinski definition) is 2. The molecule has 3 heteroatoms. The standard InChI is InChI=1S/C18H19ClO2/c1-11-4-3-5-12(2)17(11)16(20)10-14-9-15(19)8-13-6-7-21-18(13)14/h3-5,8-9,16,20H,6-7,10H2,1-2H3. The molecule has 1 aliphatic heterocycles. The van der Waals surface area contributed by atoms with Gasteiger partial charge in [0.1, 0.15) is 5.75 Å². The van der Waals surface area contributed by atoms with Gasteiger partial charge in [0.25, 0.3) is 0 Å². The van der Waals surface area contributed by atoms with Crippen LogP contribution >= 0.6 is 11.6 Å². The van der Waals surface area contributed by atoms with Gasteiger partial charge in [-0.25, -0.2) is 0 Å². The Morgan fingerprint density at radius 3 is 2.67 bits per heavy atom. The predicted molar refractivity (Wildman–Crippen MR) is 85.2 cm³/mol. The highest BCUT2D eigenvalue weighted by molar-refractivity contribution is 6.30. The van der Waals surface area contributed by atoms with E-state index >= 15 is 0 Å². The molecule has 0 saturated carbocycles. The van der Waals surface area contributed by atoms with Crippen molar-refractivity contribution in [3.05, 3.63) is 63.2 Å². The van der Waals surface area contributed by atoms with Gasteiger partial charge in [-0.3, -0.25) is 0 Å². The van der Waals surface area contributed by atoms with Crippen LogP contribution in [0.5, 0.6) is 5.75 Å². The van der Waals surface area contributed by atoms with Crippen LogP contribution in [0.1, 0.15) is 33.9 Å². The third-order valence-corrected chi connectivity index (χ3v) is 4.33. The fourth-order valence-corrected chi connectivity index (χ4v) is 3.42. The largest absolute Gasteiger partial charge is 0.493 e.